The van der Waals surface area contributed by atoms with Crippen LogP contribution in [-0.4, -0.2) is 42.7 Å². The predicted octanol–water partition coefficient (Wildman–Crippen LogP) is 5.07. The molecule has 0 aromatic heterocycles. The first-order chi connectivity index (χ1) is 15.8. The molecule has 1 heterocycles. The summed E-state index contributed by atoms with van der Waals surface area (Å²) >= 11 is 6.76. The quantitative estimate of drug-likeness (QED) is 0.414. The molecule has 1 fully saturated rings. The smallest absolute Gasteiger partial charge is 0.294 e. The zero-order valence-electron chi connectivity index (χ0n) is 18.4. The molecular formula is C24H23ClN2O5S. The Morgan fingerprint density at radius 3 is 2.64 bits per heavy atom. The summed E-state index contributed by atoms with van der Waals surface area (Å²) in [5.41, 5.74) is 2.82. The number of halogens is 1. The number of nitrogens with zero attached hydrogens (tertiary/aromatic N) is 1. The van der Waals surface area contributed by atoms with E-state index in [1.165, 1.54) is 7.11 Å². The fourth-order valence-electron chi connectivity index (χ4n) is 3.31. The number of carbonyl (C=O) groups excluding carboxylic acids is 3. The van der Waals surface area contributed by atoms with Crippen molar-refractivity contribution in [1.29, 1.82) is 0 Å². The van der Waals surface area contributed by atoms with Crippen molar-refractivity contribution in [2.24, 2.45) is 0 Å². The maximum absolute atomic E-state index is 12.9. The van der Waals surface area contributed by atoms with Gasteiger partial charge in [-0.3, -0.25) is 19.3 Å². The molecule has 0 bridgehead atoms. The number of ether oxygens (including phenoxy) is 2. The first kappa shape index (κ1) is 24.4. The summed E-state index contributed by atoms with van der Waals surface area (Å²) in [5.74, 6) is 0.0422. The lowest BCUT2D eigenvalue weighted by Crippen LogP contribution is -2.36. The molecule has 3 rings (SSSR count). The van der Waals surface area contributed by atoms with Crippen LogP contribution < -0.4 is 14.8 Å². The molecule has 172 valence electrons. The summed E-state index contributed by atoms with van der Waals surface area (Å²) in [6.07, 6.45) is 3.86. The van der Waals surface area contributed by atoms with Gasteiger partial charge in [-0.1, -0.05) is 23.7 Å². The number of rotatable bonds is 8. The Labute approximate surface area is 201 Å². The van der Waals surface area contributed by atoms with Crippen molar-refractivity contribution in [3.8, 4) is 11.5 Å². The first-order valence-electron chi connectivity index (χ1n) is 9.94. The van der Waals surface area contributed by atoms with Crippen molar-refractivity contribution < 1.29 is 23.9 Å². The highest BCUT2D eigenvalue weighted by Crippen LogP contribution is 2.37. The molecule has 2 aromatic rings. The van der Waals surface area contributed by atoms with Crippen molar-refractivity contribution in [1.82, 2.24) is 4.90 Å². The summed E-state index contributed by atoms with van der Waals surface area (Å²) in [6.45, 7) is 5.17. The Balaban J connectivity index is 1.81. The Bertz CT molecular complexity index is 1160. The third kappa shape index (κ3) is 5.58. The van der Waals surface area contributed by atoms with Crippen LogP contribution in [0, 0.1) is 6.92 Å². The van der Waals surface area contributed by atoms with Gasteiger partial charge in [0, 0.05) is 16.3 Å². The number of imide groups is 1. The number of thioether (sulfide) groups is 1. The third-order valence-corrected chi connectivity index (χ3v) is 6.03. The molecule has 1 saturated heterocycles. The van der Waals surface area contributed by atoms with E-state index in [4.69, 9.17) is 21.1 Å². The first-order valence-corrected chi connectivity index (χ1v) is 11.1. The minimum absolute atomic E-state index is 0.212. The highest BCUT2D eigenvalue weighted by Gasteiger charge is 2.36. The molecule has 1 aliphatic rings. The molecule has 0 unspecified atom stereocenters. The van der Waals surface area contributed by atoms with E-state index in [-0.39, 0.29) is 4.91 Å². The molecule has 3 amide bonds. The van der Waals surface area contributed by atoms with Crippen molar-refractivity contribution in [2.75, 3.05) is 26.1 Å². The van der Waals surface area contributed by atoms with E-state index in [0.29, 0.717) is 34.2 Å². The maximum atomic E-state index is 12.9. The van der Waals surface area contributed by atoms with E-state index in [9.17, 15) is 14.4 Å². The van der Waals surface area contributed by atoms with Gasteiger partial charge in [-0.15, -0.1) is 6.58 Å². The van der Waals surface area contributed by atoms with Crippen LogP contribution in [0.2, 0.25) is 5.02 Å². The standard InChI is InChI=1S/C24H23ClN2O5S/c1-5-6-16-9-15(10-19(31-3)22(16)32-4)11-20-23(29)27(24(30)33-20)13-21(28)26-18-12-17(25)8-7-14(18)2/h5,7-12H,1,6,13H2,2-4H3,(H,26,28)/b20-11-. The largest absolute Gasteiger partial charge is 0.493 e. The second-order valence-corrected chi connectivity index (χ2v) is 8.61. The minimum Gasteiger partial charge on any atom is -0.493 e. The van der Waals surface area contributed by atoms with Crippen LogP contribution in [0.4, 0.5) is 10.5 Å². The molecular weight excluding hydrogens is 464 g/mol. The van der Waals surface area contributed by atoms with Crippen LogP contribution in [0.15, 0.2) is 47.9 Å². The number of hydrogen-bond acceptors (Lipinski definition) is 6. The molecule has 33 heavy (non-hydrogen) atoms. The summed E-state index contributed by atoms with van der Waals surface area (Å²) < 4.78 is 10.8. The van der Waals surface area contributed by atoms with E-state index >= 15 is 0 Å². The van der Waals surface area contributed by atoms with Gasteiger partial charge < -0.3 is 14.8 Å². The highest BCUT2D eigenvalue weighted by atomic mass is 35.5. The van der Waals surface area contributed by atoms with Gasteiger partial charge in [0.2, 0.25) is 5.91 Å². The van der Waals surface area contributed by atoms with Crippen molar-refractivity contribution >= 4 is 52.2 Å². The molecule has 1 aliphatic heterocycles. The summed E-state index contributed by atoms with van der Waals surface area (Å²) in [4.78, 5) is 38.9. The highest BCUT2D eigenvalue weighted by molar-refractivity contribution is 8.18. The summed E-state index contributed by atoms with van der Waals surface area (Å²) in [5, 5.41) is 2.65. The lowest BCUT2D eigenvalue weighted by atomic mass is 10.0. The van der Waals surface area contributed by atoms with Crippen LogP contribution in [0.25, 0.3) is 6.08 Å². The number of anilines is 1. The number of allylic oxidation sites excluding steroid dienone is 1. The molecule has 7 nitrogen and oxygen atoms in total. The Morgan fingerprint density at radius 2 is 1.97 bits per heavy atom. The normalized spacial score (nSPS) is 14.5. The number of benzene rings is 2. The predicted molar refractivity (Wildman–Crippen MR) is 131 cm³/mol. The van der Waals surface area contributed by atoms with E-state index in [0.717, 1.165) is 27.8 Å². The number of hydrogen-bond donors (Lipinski definition) is 1. The molecule has 9 heteroatoms. The fraction of sp³-hybridized carbons (Fsp3) is 0.208. The lowest BCUT2D eigenvalue weighted by molar-refractivity contribution is -0.127. The number of carbonyl (C=O) groups is 3. The van der Waals surface area contributed by atoms with Crippen molar-refractivity contribution in [3.05, 3.63) is 69.6 Å². The summed E-state index contributed by atoms with van der Waals surface area (Å²) in [7, 11) is 3.07. The van der Waals surface area contributed by atoms with E-state index in [1.807, 2.05) is 13.0 Å². The van der Waals surface area contributed by atoms with Gasteiger partial charge in [-0.05, 0) is 66.6 Å². The van der Waals surface area contributed by atoms with Crippen LogP contribution >= 0.6 is 23.4 Å². The molecule has 0 saturated carbocycles. The zero-order valence-corrected chi connectivity index (χ0v) is 20.0. The average Bonchev–Trinajstić information content (AvgIpc) is 3.03. The number of methoxy groups -OCH3 is 2. The number of aryl methyl sites for hydroxylation is 1. The lowest BCUT2D eigenvalue weighted by Gasteiger charge is -2.14. The van der Waals surface area contributed by atoms with Gasteiger partial charge in [-0.2, -0.15) is 0 Å². The second-order valence-electron chi connectivity index (χ2n) is 7.18. The van der Waals surface area contributed by atoms with Crippen molar-refractivity contribution in [3.63, 3.8) is 0 Å². The molecule has 0 aliphatic carbocycles. The Morgan fingerprint density at radius 1 is 1.21 bits per heavy atom. The molecule has 1 N–H and O–H groups in total. The molecule has 0 atom stereocenters. The molecule has 0 spiro atoms. The third-order valence-electron chi connectivity index (χ3n) is 4.89. The number of nitrogens with one attached hydrogen (secondary N) is 1. The molecule has 2 aromatic carbocycles. The Hall–Kier alpha value is -3.23. The van der Waals surface area contributed by atoms with E-state index < -0.39 is 23.6 Å². The van der Waals surface area contributed by atoms with Crippen LogP contribution in [-0.2, 0) is 16.0 Å². The van der Waals surface area contributed by atoms with Gasteiger partial charge in [0.25, 0.3) is 11.1 Å². The fourth-order valence-corrected chi connectivity index (χ4v) is 4.32. The van der Waals surface area contributed by atoms with Crippen molar-refractivity contribution in [2.45, 2.75) is 13.3 Å². The molecule has 0 radical (unpaired) electrons. The van der Waals surface area contributed by atoms with Crippen LogP contribution in [0.3, 0.4) is 0 Å². The van der Waals surface area contributed by atoms with Gasteiger partial charge >= 0.3 is 0 Å². The van der Waals surface area contributed by atoms with Crippen LogP contribution in [0.1, 0.15) is 16.7 Å². The minimum atomic E-state index is -0.539. The number of amides is 3. The topological polar surface area (TPSA) is 84.9 Å². The zero-order chi connectivity index (χ0) is 24.1. The van der Waals surface area contributed by atoms with Gasteiger partial charge in [0.15, 0.2) is 11.5 Å². The van der Waals surface area contributed by atoms with Gasteiger partial charge in [0.1, 0.15) is 6.54 Å². The maximum Gasteiger partial charge on any atom is 0.294 e. The van der Waals surface area contributed by atoms with Gasteiger partial charge in [0.05, 0.1) is 19.1 Å². The SMILES string of the molecule is C=CCc1cc(/C=C2\SC(=O)N(CC(=O)Nc3cc(Cl)ccc3C)C2=O)cc(OC)c1OC. The summed E-state index contributed by atoms with van der Waals surface area (Å²) in [6, 6.07) is 8.65. The van der Waals surface area contributed by atoms with Gasteiger partial charge in [-0.25, -0.2) is 0 Å². The second kappa shape index (κ2) is 10.6. The van der Waals surface area contributed by atoms with E-state index in [2.05, 4.69) is 11.9 Å². The monoisotopic (exact) mass is 486 g/mol. The Kier molecular flexibility index (Phi) is 7.84. The average molecular weight is 487 g/mol. The van der Waals surface area contributed by atoms with E-state index in [1.54, 1.807) is 43.5 Å². The van der Waals surface area contributed by atoms with Crippen LogP contribution in [0.5, 0.6) is 11.5 Å².